The molecule has 12 heteroatoms. The second kappa shape index (κ2) is 15.4. The number of hydrogen-bond donors (Lipinski definition) is 3. The number of nitrogens with zero attached hydrogens (tertiary/aromatic N) is 2. The van der Waals surface area contributed by atoms with Crippen LogP contribution in [0.4, 0.5) is 0 Å². The van der Waals surface area contributed by atoms with Gasteiger partial charge in [-0.25, -0.2) is 0 Å². The van der Waals surface area contributed by atoms with Crippen molar-refractivity contribution >= 4 is 29.5 Å². The first-order valence-corrected chi connectivity index (χ1v) is 15.4. The second-order valence-corrected chi connectivity index (χ2v) is 11.9. The summed E-state index contributed by atoms with van der Waals surface area (Å²) in [5.74, 6) is -0.810. The largest absolute Gasteiger partial charge is 0.454 e. The summed E-state index contributed by atoms with van der Waals surface area (Å²) >= 11 is 0. The minimum absolute atomic E-state index is 0.0598. The van der Waals surface area contributed by atoms with Gasteiger partial charge in [-0.05, 0) is 48.9 Å². The van der Waals surface area contributed by atoms with E-state index in [4.69, 9.17) is 9.47 Å². The Labute approximate surface area is 263 Å². The Balaban J connectivity index is 1.55. The second-order valence-electron chi connectivity index (χ2n) is 11.9. The molecule has 2 aromatic rings. The van der Waals surface area contributed by atoms with E-state index >= 15 is 0 Å². The van der Waals surface area contributed by atoms with E-state index in [0.29, 0.717) is 24.3 Å². The van der Waals surface area contributed by atoms with E-state index in [0.717, 1.165) is 11.1 Å². The van der Waals surface area contributed by atoms with Crippen molar-refractivity contribution in [3.05, 3.63) is 59.7 Å². The lowest BCUT2D eigenvalue weighted by atomic mass is 10.0. The first kappa shape index (κ1) is 33.3. The molecule has 2 aromatic carbocycles. The number of ether oxygens (including phenoxy) is 2. The number of nitrogens with one attached hydrogen (secondary N) is 3. The highest BCUT2D eigenvalue weighted by atomic mass is 16.7. The van der Waals surface area contributed by atoms with Crippen molar-refractivity contribution in [3.8, 4) is 11.5 Å². The Kier molecular flexibility index (Phi) is 11.4. The van der Waals surface area contributed by atoms with E-state index < -0.39 is 41.8 Å². The van der Waals surface area contributed by atoms with Gasteiger partial charge in [0.1, 0.15) is 18.1 Å². The monoisotopic (exact) mass is 621 g/mol. The summed E-state index contributed by atoms with van der Waals surface area (Å²) in [4.78, 5) is 69.6. The molecule has 2 aliphatic rings. The van der Waals surface area contributed by atoms with Gasteiger partial charge in [-0.1, -0.05) is 50.2 Å². The number of benzene rings is 2. The zero-order valence-electron chi connectivity index (χ0n) is 26.3. The summed E-state index contributed by atoms with van der Waals surface area (Å²) in [5.41, 5.74) is 1.73. The topological polar surface area (TPSA) is 146 Å². The predicted octanol–water partition coefficient (Wildman–Crippen LogP) is 1.41. The van der Waals surface area contributed by atoms with Crippen LogP contribution >= 0.6 is 0 Å². The van der Waals surface area contributed by atoms with Crippen LogP contribution in [0.15, 0.2) is 48.5 Å². The number of rotatable bonds is 7. The van der Waals surface area contributed by atoms with Gasteiger partial charge in [-0.3, -0.25) is 24.0 Å². The molecule has 0 spiro atoms. The Bertz CT molecular complexity index is 1380. The van der Waals surface area contributed by atoms with Gasteiger partial charge in [0.15, 0.2) is 11.5 Å². The standard InChI is InChI=1S/C33H43N5O7/c1-21(2)16-26-33(43)37(4)22(3)31(41)36-25(17-23-8-6-5-7-9-23)32(42)34-14-15-38(19-29(39)35-26)30(40)13-11-24-10-12-27-28(18-24)45-20-44-27/h5-10,12,18,21-22,25-26H,11,13-17,19-20H2,1-4H3,(H,34,42)(H,35,39)(H,36,41)/t22-,25-,26-/m0/s1. The molecule has 0 aliphatic carbocycles. The molecule has 4 rings (SSSR count). The number of amides is 5. The zero-order valence-corrected chi connectivity index (χ0v) is 26.3. The van der Waals surface area contributed by atoms with Crippen LogP contribution < -0.4 is 25.4 Å². The van der Waals surface area contributed by atoms with Gasteiger partial charge in [-0.2, -0.15) is 0 Å². The van der Waals surface area contributed by atoms with Crippen LogP contribution in [0.1, 0.15) is 44.7 Å². The maximum absolute atomic E-state index is 13.6. The lowest BCUT2D eigenvalue weighted by Crippen LogP contribution is -2.57. The van der Waals surface area contributed by atoms with Gasteiger partial charge in [0, 0.05) is 33.0 Å². The molecule has 2 heterocycles. The third-order valence-corrected chi connectivity index (χ3v) is 8.00. The summed E-state index contributed by atoms with van der Waals surface area (Å²) in [5, 5.41) is 8.43. The molecule has 12 nitrogen and oxygen atoms in total. The molecular formula is C33H43N5O7. The van der Waals surface area contributed by atoms with E-state index in [1.54, 1.807) is 13.0 Å². The summed E-state index contributed by atoms with van der Waals surface area (Å²) in [7, 11) is 1.50. The van der Waals surface area contributed by atoms with Crippen LogP contribution in [-0.4, -0.2) is 90.9 Å². The van der Waals surface area contributed by atoms with Crippen molar-refractivity contribution in [1.82, 2.24) is 25.8 Å². The van der Waals surface area contributed by atoms with Crippen LogP contribution in [0.25, 0.3) is 0 Å². The highest BCUT2D eigenvalue weighted by Gasteiger charge is 2.33. The van der Waals surface area contributed by atoms with Crippen molar-refractivity contribution in [3.63, 3.8) is 0 Å². The third kappa shape index (κ3) is 9.19. The van der Waals surface area contributed by atoms with Crippen LogP contribution in [0.2, 0.25) is 0 Å². The van der Waals surface area contributed by atoms with E-state index in [-0.39, 0.29) is 51.1 Å². The van der Waals surface area contributed by atoms with Gasteiger partial charge in [-0.15, -0.1) is 0 Å². The quantitative estimate of drug-likeness (QED) is 0.424. The molecule has 0 saturated carbocycles. The van der Waals surface area contributed by atoms with Gasteiger partial charge in [0.25, 0.3) is 0 Å². The number of fused-ring (bicyclic) bond motifs is 1. The Morgan fingerprint density at radius 1 is 0.933 bits per heavy atom. The highest BCUT2D eigenvalue weighted by Crippen LogP contribution is 2.32. The van der Waals surface area contributed by atoms with Crippen molar-refractivity contribution in [2.24, 2.45) is 5.92 Å². The lowest BCUT2D eigenvalue weighted by molar-refractivity contribution is -0.142. The van der Waals surface area contributed by atoms with E-state index in [9.17, 15) is 24.0 Å². The molecule has 1 saturated heterocycles. The molecule has 242 valence electrons. The average molecular weight is 622 g/mol. The third-order valence-electron chi connectivity index (χ3n) is 8.00. The van der Waals surface area contributed by atoms with Crippen LogP contribution in [0, 0.1) is 5.92 Å². The maximum atomic E-state index is 13.6. The SMILES string of the molecule is CC(C)C[C@@H]1NC(=O)CN(C(=O)CCc2ccc3c(c2)OCO3)CCNC(=O)[C@H](Cc2ccccc2)NC(=O)[C@H](C)N(C)C1=O. The van der Waals surface area contributed by atoms with Gasteiger partial charge < -0.3 is 35.2 Å². The van der Waals surface area contributed by atoms with Crippen molar-refractivity contribution < 1.29 is 33.4 Å². The van der Waals surface area contributed by atoms with Crippen molar-refractivity contribution in [2.45, 2.75) is 64.6 Å². The first-order chi connectivity index (χ1) is 21.5. The molecule has 5 amide bonds. The van der Waals surface area contributed by atoms with Crippen molar-refractivity contribution in [2.75, 3.05) is 33.5 Å². The molecule has 0 aromatic heterocycles. The molecule has 45 heavy (non-hydrogen) atoms. The lowest BCUT2D eigenvalue weighted by Gasteiger charge is -2.30. The van der Waals surface area contributed by atoms with Gasteiger partial charge in [0.05, 0.1) is 6.54 Å². The van der Waals surface area contributed by atoms with E-state index in [2.05, 4.69) is 16.0 Å². The Morgan fingerprint density at radius 2 is 1.67 bits per heavy atom. The normalized spacial score (nSPS) is 21.5. The Morgan fingerprint density at radius 3 is 2.40 bits per heavy atom. The van der Waals surface area contributed by atoms with Gasteiger partial charge >= 0.3 is 0 Å². The summed E-state index contributed by atoms with van der Waals surface area (Å²) in [6.07, 6.45) is 1.10. The fraction of sp³-hybridized carbons (Fsp3) is 0.485. The van der Waals surface area contributed by atoms with Crippen LogP contribution in [-0.2, 0) is 36.8 Å². The fourth-order valence-corrected chi connectivity index (χ4v) is 5.31. The minimum Gasteiger partial charge on any atom is -0.454 e. The van der Waals surface area contributed by atoms with Crippen LogP contribution in [0.3, 0.4) is 0 Å². The first-order valence-electron chi connectivity index (χ1n) is 15.4. The van der Waals surface area contributed by atoms with Gasteiger partial charge in [0.2, 0.25) is 36.3 Å². The summed E-state index contributed by atoms with van der Waals surface area (Å²) < 4.78 is 10.8. The number of carbonyl (C=O) groups is 5. The molecule has 0 unspecified atom stereocenters. The van der Waals surface area contributed by atoms with E-state index in [1.807, 2.05) is 56.3 Å². The highest BCUT2D eigenvalue weighted by molar-refractivity contribution is 5.95. The molecule has 2 aliphatic heterocycles. The molecule has 3 N–H and O–H groups in total. The number of likely N-dealkylation sites (N-methyl/N-ethyl adjacent to an activating group) is 1. The van der Waals surface area contributed by atoms with Crippen LogP contribution in [0.5, 0.6) is 11.5 Å². The predicted molar refractivity (Wildman–Crippen MR) is 166 cm³/mol. The number of hydrogen-bond acceptors (Lipinski definition) is 7. The van der Waals surface area contributed by atoms with Crippen molar-refractivity contribution in [1.29, 1.82) is 0 Å². The molecule has 0 bridgehead atoms. The smallest absolute Gasteiger partial charge is 0.245 e. The summed E-state index contributed by atoms with van der Waals surface area (Å²) in [6, 6.07) is 12.1. The average Bonchev–Trinajstić information content (AvgIpc) is 3.49. The minimum atomic E-state index is -0.919. The zero-order chi connectivity index (χ0) is 32.5. The number of aryl methyl sites for hydroxylation is 1. The fourth-order valence-electron chi connectivity index (χ4n) is 5.31. The molecule has 1 fully saturated rings. The number of carbonyl (C=O) groups excluding carboxylic acids is 5. The van der Waals surface area contributed by atoms with E-state index in [1.165, 1.54) is 16.8 Å². The molecule has 0 radical (unpaired) electrons. The summed E-state index contributed by atoms with van der Waals surface area (Å²) in [6.45, 7) is 5.43. The molecular weight excluding hydrogens is 578 g/mol. The molecule has 3 atom stereocenters. The Hall–Kier alpha value is -4.61. The maximum Gasteiger partial charge on any atom is 0.245 e.